The van der Waals surface area contributed by atoms with Crippen LogP contribution in [0, 0.1) is 18.6 Å². The SMILES string of the molecule is Cc1c(Br)cccc1-n1c(=S)[nH]c2c(C)cccc21. The van der Waals surface area contributed by atoms with E-state index in [9.17, 15) is 0 Å². The summed E-state index contributed by atoms with van der Waals surface area (Å²) < 4.78 is 3.91. The molecule has 0 aliphatic rings. The van der Waals surface area contributed by atoms with Gasteiger partial charge in [0.15, 0.2) is 4.77 Å². The van der Waals surface area contributed by atoms with Gasteiger partial charge in [-0.15, -0.1) is 0 Å². The number of aromatic amines is 1. The number of hydrogen-bond acceptors (Lipinski definition) is 1. The van der Waals surface area contributed by atoms with E-state index < -0.39 is 0 Å². The van der Waals surface area contributed by atoms with Crippen molar-refractivity contribution in [1.82, 2.24) is 9.55 Å². The second-order valence-corrected chi connectivity index (χ2v) is 5.86. The third-order valence-corrected chi connectivity index (χ3v) is 4.55. The first-order valence-electron chi connectivity index (χ1n) is 6.05. The van der Waals surface area contributed by atoms with Crippen molar-refractivity contribution in [2.24, 2.45) is 0 Å². The monoisotopic (exact) mass is 332 g/mol. The number of nitrogens with one attached hydrogen (secondary N) is 1. The Labute approximate surface area is 125 Å². The van der Waals surface area contributed by atoms with Crippen molar-refractivity contribution >= 4 is 39.2 Å². The number of benzene rings is 2. The topological polar surface area (TPSA) is 20.7 Å². The molecule has 0 atom stereocenters. The lowest BCUT2D eigenvalue weighted by molar-refractivity contribution is 1.05. The van der Waals surface area contributed by atoms with Gasteiger partial charge in [-0.2, -0.15) is 0 Å². The third-order valence-electron chi connectivity index (χ3n) is 3.41. The van der Waals surface area contributed by atoms with Gasteiger partial charge in [-0.1, -0.05) is 34.1 Å². The summed E-state index contributed by atoms with van der Waals surface area (Å²) in [6.45, 7) is 4.18. The van der Waals surface area contributed by atoms with Gasteiger partial charge in [0, 0.05) is 4.47 Å². The summed E-state index contributed by atoms with van der Waals surface area (Å²) in [5.74, 6) is 0. The average Bonchev–Trinajstić information content (AvgIpc) is 2.71. The number of aryl methyl sites for hydroxylation is 1. The molecule has 96 valence electrons. The van der Waals surface area contributed by atoms with E-state index in [-0.39, 0.29) is 0 Å². The Hall–Kier alpha value is -1.39. The molecular formula is C15H13BrN2S. The number of aromatic nitrogens is 2. The van der Waals surface area contributed by atoms with Gasteiger partial charge < -0.3 is 4.98 Å². The normalized spacial score (nSPS) is 11.1. The Morgan fingerprint density at radius 1 is 1.11 bits per heavy atom. The van der Waals surface area contributed by atoms with Gasteiger partial charge in [-0.3, -0.25) is 4.57 Å². The summed E-state index contributed by atoms with van der Waals surface area (Å²) in [5, 5.41) is 0. The number of nitrogens with zero attached hydrogens (tertiary/aromatic N) is 1. The van der Waals surface area contributed by atoms with Crippen LogP contribution in [0.5, 0.6) is 0 Å². The quantitative estimate of drug-likeness (QED) is 0.617. The van der Waals surface area contributed by atoms with Crippen LogP contribution >= 0.6 is 28.1 Å². The second-order valence-electron chi connectivity index (χ2n) is 4.62. The molecule has 0 aliphatic carbocycles. The number of imidazole rings is 1. The summed E-state index contributed by atoms with van der Waals surface area (Å²) in [4.78, 5) is 3.30. The van der Waals surface area contributed by atoms with Gasteiger partial charge in [0.05, 0.1) is 16.7 Å². The molecule has 0 radical (unpaired) electrons. The van der Waals surface area contributed by atoms with Crippen LogP contribution in [-0.2, 0) is 0 Å². The zero-order chi connectivity index (χ0) is 13.6. The molecule has 0 aliphatic heterocycles. The Morgan fingerprint density at radius 3 is 2.63 bits per heavy atom. The van der Waals surface area contributed by atoms with E-state index in [0.29, 0.717) is 0 Å². The fourth-order valence-electron chi connectivity index (χ4n) is 2.35. The van der Waals surface area contributed by atoms with Crippen LogP contribution in [0.4, 0.5) is 0 Å². The highest BCUT2D eigenvalue weighted by Crippen LogP contribution is 2.27. The van der Waals surface area contributed by atoms with Crippen molar-refractivity contribution in [3.63, 3.8) is 0 Å². The summed E-state index contributed by atoms with van der Waals surface area (Å²) in [7, 11) is 0. The van der Waals surface area contributed by atoms with Crippen LogP contribution in [-0.4, -0.2) is 9.55 Å². The van der Waals surface area contributed by atoms with Crippen LogP contribution < -0.4 is 0 Å². The molecule has 1 N–H and O–H groups in total. The minimum atomic E-state index is 0.727. The molecule has 0 amide bonds. The molecule has 0 saturated heterocycles. The van der Waals surface area contributed by atoms with Gasteiger partial charge in [-0.25, -0.2) is 0 Å². The molecule has 19 heavy (non-hydrogen) atoms. The summed E-state index contributed by atoms with van der Waals surface area (Å²) >= 11 is 9.07. The van der Waals surface area contributed by atoms with Crippen LogP contribution in [0.3, 0.4) is 0 Å². The lowest BCUT2D eigenvalue weighted by Crippen LogP contribution is -1.97. The molecule has 0 spiro atoms. The Balaban J connectivity index is 2.44. The smallest absolute Gasteiger partial charge is 0.182 e. The highest BCUT2D eigenvalue weighted by atomic mass is 79.9. The van der Waals surface area contributed by atoms with Gasteiger partial charge in [0.2, 0.25) is 0 Å². The Kier molecular flexibility index (Phi) is 3.07. The molecule has 2 nitrogen and oxygen atoms in total. The van der Waals surface area contributed by atoms with Gasteiger partial charge in [0.25, 0.3) is 0 Å². The molecule has 1 aromatic heterocycles. The predicted octanol–water partition coefficient (Wildman–Crippen LogP) is 5.07. The molecule has 1 heterocycles. The largest absolute Gasteiger partial charge is 0.330 e. The van der Waals surface area contributed by atoms with E-state index >= 15 is 0 Å². The van der Waals surface area contributed by atoms with E-state index in [1.807, 2.05) is 12.1 Å². The summed E-state index contributed by atoms with van der Waals surface area (Å²) in [6, 6.07) is 12.4. The highest BCUT2D eigenvalue weighted by molar-refractivity contribution is 9.10. The first-order valence-corrected chi connectivity index (χ1v) is 7.25. The molecule has 2 aromatic carbocycles. The Morgan fingerprint density at radius 2 is 1.84 bits per heavy atom. The zero-order valence-electron chi connectivity index (χ0n) is 10.7. The van der Waals surface area contributed by atoms with Crippen LogP contribution in [0.1, 0.15) is 11.1 Å². The van der Waals surface area contributed by atoms with Crippen molar-refractivity contribution in [3.8, 4) is 5.69 Å². The minimum Gasteiger partial charge on any atom is -0.330 e. The molecule has 4 heteroatoms. The van der Waals surface area contributed by atoms with Crippen molar-refractivity contribution in [1.29, 1.82) is 0 Å². The maximum atomic E-state index is 5.49. The van der Waals surface area contributed by atoms with Crippen LogP contribution in [0.2, 0.25) is 0 Å². The average molecular weight is 333 g/mol. The zero-order valence-corrected chi connectivity index (χ0v) is 13.1. The molecule has 3 aromatic rings. The van der Waals surface area contributed by atoms with Crippen molar-refractivity contribution < 1.29 is 0 Å². The van der Waals surface area contributed by atoms with E-state index in [2.05, 4.69) is 63.6 Å². The van der Waals surface area contributed by atoms with Gasteiger partial charge >= 0.3 is 0 Å². The summed E-state index contributed by atoms with van der Waals surface area (Å²) in [6.07, 6.45) is 0. The van der Waals surface area contributed by atoms with Crippen LogP contribution in [0.15, 0.2) is 40.9 Å². The van der Waals surface area contributed by atoms with Gasteiger partial charge in [0.1, 0.15) is 0 Å². The highest BCUT2D eigenvalue weighted by Gasteiger charge is 2.10. The van der Waals surface area contributed by atoms with Crippen molar-refractivity contribution in [2.75, 3.05) is 0 Å². The molecule has 0 fully saturated rings. The Bertz CT molecular complexity index is 830. The number of rotatable bonds is 1. The first kappa shape index (κ1) is 12.6. The van der Waals surface area contributed by atoms with E-state index in [1.54, 1.807) is 0 Å². The fraction of sp³-hybridized carbons (Fsp3) is 0.133. The van der Waals surface area contributed by atoms with Crippen LogP contribution in [0.25, 0.3) is 16.7 Å². The lowest BCUT2D eigenvalue weighted by atomic mass is 10.2. The number of H-pyrrole nitrogens is 1. The van der Waals surface area contributed by atoms with E-state index in [1.165, 1.54) is 11.1 Å². The maximum absolute atomic E-state index is 5.49. The maximum Gasteiger partial charge on any atom is 0.182 e. The number of hydrogen-bond donors (Lipinski definition) is 1. The number of fused-ring (bicyclic) bond motifs is 1. The number of para-hydroxylation sites is 1. The second kappa shape index (κ2) is 4.62. The standard InChI is InChI=1S/C15H13BrN2S/c1-9-5-3-8-13-14(9)17-15(19)18(13)12-7-4-6-11(16)10(12)2/h3-8H,1-2H3,(H,17,19). The number of halogens is 1. The van der Waals surface area contributed by atoms with Crippen molar-refractivity contribution in [3.05, 3.63) is 56.8 Å². The van der Waals surface area contributed by atoms with Gasteiger partial charge in [-0.05, 0) is 55.4 Å². The minimum absolute atomic E-state index is 0.727. The lowest BCUT2D eigenvalue weighted by Gasteiger charge is -2.10. The molecule has 0 bridgehead atoms. The molecule has 3 rings (SSSR count). The van der Waals surface area contributed by atoms with Crippen molar-refractivity contribution in [2.45, 2.75) is 13.8 Å². The third kappa shape index (κ3) is 1.95. The van der Waals surface area contributed by atoms with E-state index in [4.69, 9.17) is 12.2 Å². The predicted molar refractivity (Wildman–Crippen MR) is 85.6 cm³/mol. The molecule has 0 unspecified atom stereocenters. The van der Waals surface area contributed by atoms with E-state index in [0.717, 1.165) is 26.0 Å². The molecule has 0 saturated carbocycles. The molecular weight excluding hydrogens is 320 g/mol. The first-order chi connectivity index (χ1) is 9.09. The summed E-state index contributed by atoms with van der Waals surface area (Å²) in [5.41, 5.74) is 5.71. The fourth-order valence-corrected chi connectivity index (χ4v) is 3.01.